The molecule has 1 aliphatic heterocycles. The predicted molar refractivity (Wildman–Crippen MR) is 77.2 cm³/mol. The Balaban J connectivity index is 1.84. The van der Waals surface area contributed by atoms with Crippen LogP contribution in [0.2, 0.25) is 0 Å². The lowest BCUT2D eigenvalue weighted by molar-refractivity contribution is -0.173. The Kier molecular flexibility index (Phi) is 5.59. The van der Waals surface area contributed by atoms with E-state index in [1.807, 2.05) is 0 Å². The highest BCUT2D eigenvalue weighted by Crippen LogP contribution is 2.22. The number of amides is 2. The van der Waals surface area contributed by atoms with E-state index in [0.29, 0.717) is 24.2 Å². The Bertz CT molecular complexity index is 575. The fourth-order valence-corrected chi connectivity index (χ4v) is 2.26. The Morgan fingerprint density at radius 1 is 1.35 bits per heavy atom. The molecular weight excluding hydrogens is 313 g/mol. The number of benzene rings is 1. The number of halogens is 3. The molecule has 8 heteroatoms. The monoisotopic (exact) mass is 330 g/mol. The largest absolute Gasteiger partial charge is 0.411 e. The number of alkyl halides is 3. The van der Waals surface area contributed by atoms with Crippen molar-refractivity contribution in [2.45, 2.75) is 19.0 Å². The van der Waals surface area contributed by atoms with Crippen LogP contribution in [-0.4, -0.2) is 44.3 Å². The summed E-state index contributed by atoms with van der Waals surface area (Å²) in [5.74, 6) is -0.405. The molecule has 0 aromatic heterocycles. The Morgan fingerprint density at radius 3 is 2.78 bits per heavy atom. The molecule has 2 rings (SSSR count). The van der Waals surface area contributed by atoms with E-state index in [2.05, 4.69) is 10.1 Å². The standard InChI is InChI=1S/C15H17F3N2O3/c16-15(17,18)10-23-8-6-19-14(22)11-3-1-4-12(9-11)20-7-2-5-13(20)21/h1,3-4,9H,2,5-8,10H2,(H,19,22). The molecule has 126 valence electrons. The topological polar surface area (TPSA) is 58.6 Å². The summed E-state index contributed by atoms with van der Waals surface area (Å²) in [6.45, 7) is -0.970. The molecule has 0 spiro atoms. The van der Waals surface area contributed by atoms with E-state index in [-0.39, 0.29) is 19.1 Å². The van der Waals surface area contributed by atoms with Gasteiger partial charge >= 0.3 is 6.18 Å². The molecule has 5 nitrogen and oxygen atoms in total. The molecule has 0 bridgehead atoms. The number of hydrogen-bond acceptors (Lipinski definition) is 3. The first-order valence-electron chi connectivity index (χ1n) is 7.20. The van der Waals surface area contributed by atoms with Gasteiger partial charge in [-0.3, -0.25) is 9.59 Å². The SMILES string of the molecule is O=C(NCCOCC(F)(F)F)c1cccc(N2CCCC2=O)c1. The van der Waals surface area contributed by atoms with E-state index >= 15 is 0 Å². The van der Waals surface area contributed by atoms with Gasteiger partial charge in [-0.2, -0.15) is 13.2 Å². The molecule has 23 heavy (non-hydrogen) atoms. The van der Waals surface area contributed by atoms with Gasteiger partial charge in [-0.15, -0.1) is 0 Å². The van der Waals surface area contributed by atoms with Crippen molar-refractivity contribution in [2.75, 3.05) is 31.2 Å². The lowest BCUT2D eigenvalue weighted by atomic mass is 10.1. The van der Waals surface area contributed by atoms with Crippen LogP contribution < -0.4 is 10.2 Å². The highest BCUT2D eigenvalue weighted by molar-refractivity contribution is 5.99. The van der Waals surface area contributed by atoms with E-state index in [1.165, 1.54) is 0 Å². The van der Waals surface area contributed by atoms with Crippen molar-refractivity contribution in [1.82, 2.24) is 5.32 Å². The second kappa shape index (κ2) is 7.45. The fraction of sp³-hybridized carbons (Fsp3) is 0.467. The van der Waals surface area contributed by atoms with Gasteiger partial charge in [0.15, 0.2) is 0 Å². The Hall–Kier alpha value is -2.09. The van der Waals surface area contributed by atoms with Crippen LogP contribution in [0, 0.1) is 0 Å². The molecule has 1 aromatic carbocycles. The van der Waals surface area contributed by atoms with Crippen LogP contribution in [-0.2, 0) is 9.53 Å². The summed E-state index contributed by atoms with van der Waals surface area (Å²) in [6, 6.07) is 6.58. The van der Waals surface area contributed by atoms with Gasteiger partial charge in [-0.05, 0) is 24.6 Å². The number of carbonyl (C=O) groups is 2. The van der Waals surface area contributed by atoms with Crippen LogP contribution in [0.15, 0.2) is 24.3 Å². The fourth-order valence-electron chi connectivity index (χ4n) is 2.26. The summed E-state index contributed by atoms with van der Waals surface area (Å²) in [7, 11) is 0. The third-order valence-electron chi connectivity index (χ3n) is 3.29. The quantitative estimate of drug-likeness (QED) is 0.813. The van der Waals surface area contributed by atoms with Crippen LogP contribution in [0.25, 0.3) is 0 Å². The van der Waals surface area contributed by atoms with Crippen LogP contribution in [0.5, 0.6) is 0 Å². The van der Waals surface area contributed by atoms with Crippen LogP contribution in [0.3, 0.4) is 0 Å². The van der Waals surface area contributed by atoms with Crippen LogP contribution in [0.1, 0.15) is 23.2 Å². The third kappa shape index (κ3) is 5.24. The van der Waals surface area contributed by atoms with Crippen molar-refractivity contribution >= 4 is 17.5 Å². The van der Waals surface area contributed by atoms with E-state index in [4.69, 9.17) is 0 Å². The second-order valence-electron chi connectivity index (χ2n) is 5.12. The zero-order valence-corrected chi connectivity index (χ0v) is 12.4. The minimum Gasteiger partial charge on any atom is -0.370 e. The van der Waals surface area contributed by atoms with Gasteiger partial charge < -0.3 is 15.0 Å². The summed E-state index contributed by atoms with van der Waals surface area (Å²) >= 11 is 0. The summed E-state index contributed by atoms with van der Waals surface area (Å²) in [5, 5.41) is 2.48. The maximum atomic E-state index is 12.0. The molecule has 0 atom stereocenters. The second-order valence-corrected chi connectivity index (χ2v) is 5.12. The Labute approximate surface area is 131 Å². The van der Waals surface area contributed by atoms with E-state index in [9.17, 15) is 22.8 Å². The van der Waals surface area contributed by atoms with Crippen molar-refractivity contribution in [1.29, 1.82) is 0 Å². The summed E-state index contributed by atoms with van der Waals surface area (Å²) in [5.41, 5.74) is 0.992. The van der Waals surface area contributed by atoms with Crippen molar-refractivity contribution in [3.63, 3.8) is 0 Å². The first kappa shape index (κ1) is 17.3. The summed E-state index contributed by atoms with van der Waals surface area (Å²) < 4.78 is 40.1. The number of anilines is 1. The average Bonchev–Trinajstić information content (AvgIpc) is 2.92. The third-order valence-corrected chi connectivity index (χ3v) is 3.29. The molecule has 0 saturated carbocycles. The number of nitrogens with one attached hydrogen (secondary N) is 1. The molecule has 1 aliphatic rings. The van der Waals surface area contributed by atoms with Gasteiger partial charge in [0.2, 0.25) is 5.91 Å². The Morgan fingerprint density at radius 2 is 2.13 bits per heavy atom. The van der Waals surface area contributed by atoms with Crippen molar-refractivity contribution in [3.8, 4) is 0 Å². The zero-order chi connectivity index (χ0) is 16.9. The van der Waals surface area contributed by atoms with Crippen LogP contribution >= 0.6 is 0 Å². The molecule has 1 N–H and O–H groups in total. The molecule has 0 unspecified atom stereocenters. The number of carbonyl (C=O) groups excluding carboxylic acids is 2. The average molecular weight is 330 g/mol. The summed E-state index contributed by atoms with van der Waals surface area (Å²) in [4.78, 5) is 25.3. The highest BCUT2D eigenvalue weighted by atomic mass is 19.4. The van der Waals surface area contributed by atoms with Gasteiger partial charge in [0, 0.05) is 30.8 Å². The van der Waals surface area contributed by atoms with Gasteiger partial charge in [0.05, 0.1) is 6.61 Å². The van der Waals surface area contributed by atoms with E-state index in [1.54, 1.807) is 29.2 Å². The van der Waals surface area contributed by atoms with Crippen LogP contribution in [0.4, 0.5) is 18.9 Å². The van der Waals surface area contributed by atoms with Gasteiger partial charge in [-0.1, -0.05) is 6.07 Å². The number of ether oxygens (including phenoxy) is 1. The number of hydrogen-bond donors (Lipinski definition) is 1. The van der Waals surface area contributed by atoms with Gasteiger partial charge in [0.25, 0.3) is 5.91 Å². The molecule has 0 aliphatic carbocycles. The minimum absolute atomic E-state index is 0.0168. The van der Waals surface area contributed by atoms with Crippen molar-refractivity contribution in [3.05, 3.63) is 29.8 Å². The molecule has 1 fully saturated rings. The lowest BCUT2D eigenvalue weighted by Crippen LogP contribution is -2.29. The maximum absolute atomic E-state index is 12.0. The van der Waals surface area contributed by atoms with E-state index < -0.39 is 18.7 Å². The number of rotatable bonds is 6. The van der Waals surface area contributed by atoms with E-state index in [0.717, 1.165) is 6.42 Å². The van der Waals surface area contributed by atoms with Crippen molar-refractivity contribution < 1.29 is 27.5 Å². The van der Waals surface area contributed by atoms with Gasteiger partial charge in [-0.25, -0.2) is 0 Å². The van der Waals surface area contributed by atoms with Gasteiger partial charge in [0.1, 0.15) is 6.61 Å². The minimum atomic E-state index is -4.37. The maximum Gasteiger partial charge on any atom is 0.411 e. The molecule has 1 aromatic rings. The number of nitrogens with zero attached hydrogens (tertiary/aromatic N) is 1. The smallest absolute Gasteiger partial charge is 0.370 e. The zero-order valence-electron chi connectivity index (χ0n) is 12.4. The van der Waals surface area contributed by atoms with Crippen molar-refractivity contribution in [2.24, 2.45) is 0 Å². The summed E-state index contributed by atoms with van der Waals surface area (Å²) in [6.07, 6.45) is -3.10. The molecular formula is C15H17F3N2O3. The predicted octanol–water partition coefficient (Wildman–Crippen LogP) is 2.12. The normalized spacial score (nSPS) is 15.1. The first-order chi connectivity index (χ1) is 10.9. The molecule has 1 heterocycles. The molecule has 2 amide bonds. The lowest BCUT2D eigenvalue weighted by Gasteiger charge is -2.16. The first-order valence-corrected chi connectivity index (χ1v) is 7.20. The molecule has 1 saturated heterocycles. The molecule has 0 radical (unpaired) electrons. The highest BCUT2D eigenvalue weighted by Gasteiger charge is 2.27.